The zero-order valence-corrected chi connectivity index (χ0v) is 11.8. The second kappa shape index (κ2) is 6.17. The summed E-state index contributed by atoms with van der Waals surface area (Å²) in [6, 6.07) is 1.56. The van der Waals surface area contributed by atoms with Crippen molar-refractivity contribution in [2.75, 3.05) is 39.8 Å². The van der Waals surface area contributed by atoms with E-state index < -0.39 is 0 Å². The minimum absolute atomic E-state index is 0.716. The molecule has 0 aromatic heterocycles. The van der Waals surface area contributed by atoms with Gasteiger partial charge >= 0.3 is 0 Å². The highest BCUT2D eigenvalue weighted by Crippen LogP contribution is 2.20. The van der Waals surface area contributed by atoms with Gasteiger partial charge in [0.25, 0.3) is 0 Å². The summed E-state index contributed by atoms with van der Waals surface area (Å²) in [5.41, 5.74) is 0. The number of nitrogens with zero attached hydrogens (tertiary/aromatic N) is 2. The summed E-state index contributed by atoms with van der Waals surface area (Å²) in [6.07, 6.45) is 4.12. The fraction of sp³-hybridized carbons (Fsp3) is 1.00. The second-order valence-corrected chi connectivity index (χ2v) is 6.09. The molecule has 1 aliphatic carbocycles. The van der Waals surface area contributed by atoms with E-state index in [1.807, 2.05) is 0 Å². The smallest absolute Gasteiger partial charge is 0.0112 e. The van der Waals surface area contributed by atoms with Crippen molar-refractivity contribution >= 4 is 0 Å². The van der Waals surface area contributed by atoms with Crippen LogP contribution in [0.5, 0.6) is 0 Å². The van der Waals surface area contributed by atoms with Crippen LogP contribution in [-0.4, -0.2) is 61.7 Å². The Morgan fingerprint density at radius 2 is 1.88 bits per heavy atom. The van der Waals surface area contributed by atoms with E-state index in [4.69, 9.17) is 0 Å². The quantitative estimate of drug-likeness (QED) is 0.782. The van der Waals surface area contributed by atoms with Gasteiger partial charge in [-0.3, -0.25) is 4.90 Å². The SMILES string of the molecule is CC(CNC1CC1)C(C)N1CCCN(C)CC1. The van der Waals surface area contributed by atoms with Gasteiger partial charge in [0.15, 0.2) is 0 Å². The summed E-state index contributed by atoms with van der Waals surface area (Å²) in [4.78, 5) is 5.14. The van der Waals surface area contributed by atoms with Gasteiger partial charge in [-0.2, -0.15) is 0 Å². The minimum atomic E-state index is 0.716. The molecule has 3 nitrogen and oxygen atoms in total. The lowest BCUT2D eigenvalue weighted by atomic mass is 10.0. The molecule has 2 unspecified atom stereocenters. The molecule has 1 heterocycles. The normalized spacial score (nSPS) is 27.7. The molecule has 100 valence electrons. The molecule has 2 aliphatic rings. The van der Waals surface area contributed by atoms with Gasteiger partial charge in [-0.05, 0) is 58.8 Å². The molecule has 2 fully saturated rings. The van der Waals surface area contributed by atoms with Crippen molar-refractivity contribution < 1.29 is 0 Å². The van der Waals surface area contributed by atoms with E-state index in [0.29, 0.717) is 6.04 Å². The maximum absolute atomic E-state index is 3.66. The predicted molar refractivity (Wildman–Crippen MR) is 73.3 cm³/mol. The molecule has 3 heteroatoms. The monoisotopic (exact) mass is 239 g/mol. The molecule has 17 heavy (non-hydrogen) atoms. The van der Waals surface area contributed by atoms with Crippen LogP contribution < -0.4 is 5.32 Å². The average Bonchev–Trinajstić information content (AvgIpc) is 3.12. The van der Waals surface area contributed by atoms with Gasteiger partial charge in [0, 0.05) is 25.2 Å². The first-order valence-electron chi connectivity index (χ1n) is 7.33. The van der Waals surface area contributed by atoms with Gasteiger partial charge in [-0.25, -0.2) is 0 Å². The lowest BCUT2D eigenvalue weighted by Crippen LogP contribution is -2.43. The van der Waals surface area contributed by atoms with Crippen molar-refractivity contribution in [3.05, 3.63) is 0 Å². The summed E-state index contributed by atoms with van der Waals surface area (Å²) in [5.74, 6) is 0.763. The van der Waals surface area contributed by atoms with Crippen molar-refractivity contribution in [1.82, 2.24) is 15.1 Å². The number of hydrogen-bond donors (Lipinski definition) is 1. The third-order valence-electron chi connectivity index (χ3n) is 4.46. The molecule has 1 saturated carbocycles. The van der Waals surface area contributed by atoms with Gasteiger partial charge in [0.2, 0.25) is 0 Å². The molecular weight excluding hydrogens is 210 g/mol. The summed E-state index contributed by atoms with van der Waals surface area (Å²) < 4.78 is 0. The largest absolute Gasteiger partial charge is 0.314 e. The molecule has 2 atom stereocenters. The molecule has 1 N–H and O–H groups in total. The van der Waals surface area contributed by atoms with Crippen LogP contribution in [-0.2, 0) is 0 Å². The highest BCUT2D eigenvalue weighted by molar-refractivity contribution is 4.84. The standard InChI is InChI=1S/C14H29N3/c1-12(11-15-14-5-6-14)13(2)17-8-4-7-16(3)9-10-17/h12-15H,4-11H2,1-3H3. The number of nitrogens with one attached hydrogen (secondary N) is 1. The van der Waals surface area contributed by atoms with Crippen LogP contribution in [0, 0.1) is 5.92 Å². The second-order valence-electron chi connectivity index (χ2n) is 6.09. The first-order chi connectivity index (χ1) is 8.16. The van der Waals surface area contributed by atoms with Crippen molar-refractivity contribution in [1.29, 1.82) is 0 Å². The summed E-state index contributed by atoms with van der Waals surface area (Å²) in [5, 5.41) is 3.66. The van der Waals surface area contributed by atoms with Gasteiger partial charge in [-0.15, -0.1) is 0 Å². The van der Waals surface area contributed by atoms with E-state index in [9.17, 15) is 0 Å². The minimum Gasteiger partial charge on any atom is -0.314 e. The van der Waals surface area contributed by atoms with E-state index in [2.05, 4.69) is 36.0 Å². The van der Waals surface area contributed by atoms with Crippen LogP contribution >= 0.6 is 0 Å². The molecule has 1 saturated heterocycles. The van der Waals surface area contributed by atoms with Crippen LogP contribution in [0.1, 0.15) is 33.1 Å². The van der Waals surface area contributed by atoms with Crippen LogP contribution in [0.15, 0.2) is 0 Å². The van der Waals surface area contributed by atoms with Crippen molar-refractivity contribution in [2.24, 2.45) is 5.92 Å². The highest BCUT2D eigenvalue weighted by atomic mass is 15.2. The van der Waals surface area contributed by atoms with Gasteiger partial charge in [-0.1, -0.05) is 6.92 Å². The fourth-order valence-corrected chi connectivity index (χ4v) is 2.64. The zero-order valence-electron chi connectivity index (χ0n) is 11.8. The lowest BCUT2D eigenvalue weighted by Gasteiger charge is -2.32. The Balaban J connectivity index is 1.73. The van der Waals surface area contributed by atoms with Crippen molar-refractivity contribution in [3.8, 4) is 0 Å². The van der Waals surface area contributed by atoms with Gasteiger partial charge in [0.05, 0.1) is 0 Å². The summed E-state index contributed by atoms with van der Waals surface area (Å²) >= 11 is 0. The Labute approximate surface area is 107 Å². The molecule has 0 spiro atoms. The van der Waals surface area contributed by atoms with Gasteiger partial charge in [0.1, 0.15) is 0 Å². The molecule has 0 aromatic rings. The van der Waals surface area contributed by atoms with E-state index in [1.54, 1.807) is 0 Å². The maximum Gasteiger partial charge on any atom is 0.0112 e. The Morgan fingerprint density at radius 1 is 1.12 bits per heavy atom. The average molecular weight is 239 g/mol. The molecule has 0 radical (unpaired) electrons. The molecular formula is C14H29N3. The Morgan fingerprint density at radius 3 is 2.59 bits per heavy atom. The van der Waals surface area contributed by atoms with E-state index >= 15 is 0 Å². The van der Waals surface area contributed by atoms with Crippen molar-refractivity contribution in [3.63, 3.8) is 0 Å². The molecule has 1 aliphatic heterocycles. The highest BCUT2D eigenvalue weighted by Gasteiger charge is 2.25. The number of rotatable bonds is 5. The Kier molecular flexibility index (Phi) is 4.83. The molecule has 0 aromatic carbocycles. The van der Waals surface area contributed by atoms with E-state index in [1.165, 1.54) is 52.0 Å². The van der Waals surface area contributed by atoms with Crippen LogP contribution in [0.25, 0.3) is 0 Å². The topological polar surface area (TPSA) is 18.5 Å². The summed E-state index contributed by atoms with van der Waals surface area (Å²) in [6.45, 7) is 11.0. The van der Waals surface area contributed by atoms with Crippen LogP contribution in [0.2, 0.25) is 0 Å². The number of likely N-dealkylation sites (N-methyl/N-ethyl adjacent to an activating group) is 1. The Bertz CT molecular complexity index is 228. The third-order valence-corrected chi connectivity index (χ3v) is 4.46. The molecule has 2 rings (SSSR count). The molecule has 0 amide bonds. The molecule has 0 bridgehead atoms. The maximum atomic E-state index is 3.66. The third kappa shape index (κ3) is 4.23. The first kappa shape index (κ1) is 13.3. The lowest BCUT2D eigenvalue weighted by molar-refractivity contribution is 0.164. The predicted octanol–water partition coefficient (Wildman–Crippen LogP) is 1.40. The number of hydrogen-bond acceptors (Lipinski definition) is 3. The van der Waals surface area contributed by atoms with Crippen molar-refractivity contribution in [2.45, 2.75) is 45.2 Å². The van der Waals surface area contributed by atoms with Crippen LogP contribution in [0.3, 0.4) is 0 Å². The van der Waals surface area contributed by atoms with Crippen LogP contribution in [0.4, 0.5) is 0 Å². The van der Waals surface area contributed by atoms with E-state index in [-0.39, 0.29) is 0 Å². The summed E-state index contributed by atoms with van der Waals surface area (Å²) in [7, 11) is 2.24. The Hall–Kier alpha value is -0.120. The zero-order chi connectivity index (χ0) is 12.3. The first-order valence-corrected chi connectivity index (χ1v) is 7.33. The van der Waals surface area contributed by atoms with E-state index in [0.717, 1.165) is 12.0 Å². The fourth-order valence-electron chi connectivity index (χ4n) is 2.64. The van der Waals surface area contributed by atoms with Gasteiger partial charge < -0.3 is 10.2 Å².